The number of rotatable bonds is 22. The molecule has 52 heavy (non-hydrogen) atoms. The summed E-state index contributed by atoms with van der Waals surface area (Å²) < 4.78 is 0. The molecule has 0 aliphatic heterocycles. The van der Waals surface area contributed by atoms with Crippen LogP contribution in [0.25, 0.3) is 0 Å². The molecule has 5 aromatic carbocycles. The van der Waals surface area contributed by atoms with Crippen LogP contribution in [0.2, 0.25) is 0 Å². The monoisotopic (exact) mass is 693 g/mol. The summed E-state index contributed by atoms with van der Waals surface area (Å²) in [5.41, 5.74) is 27.7. The SMILES string of the molecule is CCCCCCCCc1cc(Cc2ccc(Cc3ccc(Cc4ccc(N)cc4)cc3)c(CCCCCCCC)c2)ccc1Cc1ccc(N)cc1. The van der Waals surface area contributed by atoms with Gasteiger partial charge in [-0.25, -0.2) is 0 Å². The van der Waals surface area contributed by atoms with Crippen molar-refractivity contribution in [2.75, 3.05) is 11.5 Å². The molecule has 0 radical (unpaired) electrons. The lowest BCUT2D eigenvalue weighted by molar-refractivity contribution is 0.606. The summed E-state index contributed by atoms with van der Waals surface area (Å²) in [5, 5.41) is 0. The third kappa shape index (κ3) is 13.0. The van der Waals surface area contributed by atoms with E-state index in [4.69, 9.17) is 11.5 Å². The van der Waals surface area contributed by atoms with Gasteiger partial charge in [-0.1, -0.05) is 163 Å². The van der Waals surface area contributed by atoms with Gasteiger partial charge in [0.15, 0.2) is 0 Å². The van der Waals surface area contributed by atoms with Crippen LogP contribution in [0.15, 0.2) is 109 Å². The molecule has 0 saturated heterocycles. The molecule has 4 N–H and O–H groups in total. The first-order valence-electron chi connectivity index (χ1n) is 20.5. The minimum Gasteiger partial charge on any atom is -0.399 e. The van der Waals surface area contributed by atoms with E-state index in [0.29, 0.717) is 0 Å². The molecule has 5 rings (SSSR count). The Morgan fingerprint density at radius 2 is 0.615 bits per heavy atom. The van der Waals surface area contributed by atoms with Crippen LogP contribution in [0.1, 0.15) is 147 Å². The number of anilines is 2. The van der Waals surface area contributed by atoms with Gasteiger partial charge in [0.05, 0.1) is 0 Å². The Labute approximate surface area is 316 Å². The minimum absolute atomic E-state index is 0.818. The summed E-state index contributed by atoms with van der Waals surface area (Å²) in [6.07, 6.45) is 22.1. The van der Waals surface area contributed by atoms with Crippen molar-refractivity contribution in [3.05, 3.63) is 165 Å². The normalized spacial score (nSPS) is 11.3. The van der Waals surface area contributed by atoms with Gasteiger partial charge in [0, 0.05) is 11.4 Å². The number of benzene rings is 5. The Kier molecular flexibility index (Phi) is 15.9. The lowest BCUT2D eigenvalue weighted by Crippen LogP contribution is -2.02. The van der Waals surface area contributed by atoms with E-state index < -0.39 is 0 Å². The van der Waals surface area contributed by atoms with Crippen LogP contribution in [-0.2, 0) is 38.5 Å². The van der Waals surface area contributed by atoms with Gasteiger partial charge in [0.25, 0.3) is 0 Å². The van der Waals surface area contributed by atoms with Crippen molar-refractivity contribution in [2.24, 2.45) is 0 Å². The molecule has 0 atom stereocenters. The van der Waals surface area contributed by atoms with E-state index in [1.807, 2.05) is 24.3 Å². The largest absolute Gasteiger partial charge is 0.399 e. The number of unbranched alkanes of at least 4 members (excludes halogenated alkanes) is 10. The highest BCUT2D eigenvalue weighted by Crippen LogP contribution is 2.25. The summed E-state index contributed by atoms with van der Waals surface area (Å²) in [6.45, 7) is 4.59. The highest BCUT2D eigenvalue weighted by molar-refractivity contribution is 5.44. The molecule has 0 bridgehead atoms. The fraction of sp³-hybridized carbons (Fsp3) is 0.400. The van der Waals surface area contributed by atoms with Gasteiger partial charge in [-0.15, -0.1) is 0 Å². The van der Waals surface area contributed by atoms with E-state index in [1.165, 1.54) is 133 Å². The Hall–Kier alpha value is -4.30. The zero-order valence-electron chi connectivity index (χ0n) is 32.3. The van der Waals surface area contributed by atoms with Crippen molar-refractivity contribution in [2.45, 2.75) is 129 Å². The second-order valence-corrected chi connectivity index (χ2v) is 15.2. The Balaban J connectivity index is 1.30. The second kappa shape index (κ2) is 21.3. The average molecular weight is 693 g/mol. The lowest BCUT2D eigenvalue weighted by atomic mass is 9.90. The molecular weight excluding hydrogens is 629 g/mol. The molecule has 0 amide bonds. The summed E-state index contributed by atoms with van der Waals surface area (Å²) in [5.74, 6) is 0. The van der Waals surface area contributed by atoms with Crippen molar-refractivity contribution in [1.82, 2.24) is 0 Å². The number of nitrogen functional groups attached to an aromatic ring is 2. The average Bonchev–Trinajstić information content (AvgIpc) is 3.15. The first-order valence-corrected chi connectivity index (χ1v) is 20.5. The predicted octanol–water partition coefficient (Wildman–Crippen LogP) is 13.0. The van der Waals surface area contributed by atoms with Crippen molar-refractivity contribution in [3.8, 4) is 0 Å². The highest BCUT2D eigenvalue weighted by Gasteiger charge is 2.11. The van der Waals surface area contributed by atoms with Gasteiger partial charge >= 0.3 is 0 Å². The molecule has 2 nitrogen and oxygen atoms in total. The van der Waals surface area contributed by atoms with Gasteiger partial charge in [0.2, 0.25) is 0 Å². The third-order valence-corrected chi connectivity index (χ3v) is 10.7. The summed E-state index contributed by atoms with van der Waals surface area (Å²) in [6, 6.07) is 40.6. The third-order valence-electron chi connectivity index (χ3n) is 10.7. The van der Waals surface area contributed by atoms with Crippen molar-refractivity contribution < 1.29 is 0 Å². The van der Waals surface area contributed by atoms with Crippen molar-refractivity contribution in [1.29, 1.82) is 0 Å². The Bertz CT molecular complexity index is 1750. The van der Waals surface area contributed by atoms with Crippen LogP contribution >= 0.6 is 0 Å². The van der Waals surface area contributed by atoms with Crippen molar-refractivity contribution >= 4 is 11.4 Å². The minimum atomic E-state index is 0.818. The van der Waals surface area contributed by atoms with E-state index in [9.17, 15) is 0 Å². The van der Waals surface area contributed by atoms with Crippen LogP contribution in [0, 0.1) is 0 Å². The first kappa shape index (κ1) is 38.9. The number of nitrogens with two attached hydrogens (primary N) is 2. The zero-order chi connectivity index (χ0) is 36.4. The molecule has 0 saturated carbocycles. The summed E-state index contributed by atoms with van der Waals surface area (Å²) in [4.78, 5) is 0. The zero-order valence-corrected chi connectivity index (χ0v) is 32.3. The van der Waals surface area contributed by atoms with E-state index in [2.05, 4.69) is 98.8 Å². The second-order valence-electron chi connectivity index (χ2n) is 15.2. The molecule has 0 unspecified atom stereocenters. The van der Waals surface area contributed by atoms with Gasteiger partial charge in [-0.3, -0.25) is 0 Å². The van der Waals surface area contributed by atoms with Gasteiger partial charge in [0.1, 0.15) is 0 Å². The van der Waals surface area contributed by atoms with Crippen LogP contribution in [0.5, 0.6) is 0 Å². The molecule has 0 spiro atoms. The quantitative estimate of drug-likeness (QED) is 0.0560. The lowest BCUT2D eigenvalue weighted by Gasteiger charge is -2.15. The van der Waals surface area contributed by atoms with E-state index >= 15 is 0 Å². The first-order chi connectivity index (χ1) is 25.5. The van der Waals surface area contributed by atoms with Gasteiger partial charge in [-0.05, 0) is 131 Å². The fourth-order valence-corrected chi connectivity index (χ4v) is 7.54. The van der Waals surface area contributed by atoms with Crippen LogP contribution < -0.4 is 11.5 Å². The summed E-state index contributed by atoms with van der Waals surface area (Å²) in [7, 11) is 0. The smallest absolute Gasteiger partial charge is 0.0314 e. The molecule has 2 heteroatoms. The van der Waals surface area contributed by atoms with Crippen LogP contribution in [-0.4, -0.2) is 0 Å². The molecule has 0 aliphatic carbocycles. The highest BCUT2D eigenvalue weighted by atomic mass is 14.5. The van der Waals surface area contributed by atoms with Crippen LogP contribution in [0.4, 0.5) is 11.4 Å². The van der Waals surface area contributed by atoms with E-state index in [0.717, 1.165) is 49.9 Å². The maximum atomic E-state index is 6.00. The Morgan fingerprint density at radius 3 is 1.02 bits per heavy atom. The van der Waals surface area contributed by atoms with E-state index in [-0.39, 0.29) is 0 Å². The van der Waals surface area contributed by atoms with Crippen molar-refractivity contribution in [3.63, 3.8) is 0 Å². The maximum absolute atomic E-state index is 6.00. The molecular formula is C50H64N2. The number of aryl methyl sites for hydroxylation is 2. The fourth-order valence-electron chi connectivity index (χ4n) is 7.54. The molecule has 0 heterocycles. The number of hydrogen-bond acceptors (Lipinski definition) is 2. The topological polar surface area (TPSA) is 52.0 Å². The van der Waals surface area contributed by atoms with Gasteiger partial charge < -0.3 is 11.5 Å². The standard InChI is InChI=1S/C50H64N2/c1-3-5-7-9-11-13-15-45-37-43(21-27-47(45)35-41-19-17-39(18-20-41)33-40-23-29-49(51)30-24-40)34-44-22-28-48(36-42-25-31-50(52)32-26-42)46(38-44)16-14-12-10-8-6-4-2/h17-32,37-38H,3-16,33-36,51-52H2,1-2H3. The molecule has 274 valence electrons. The Morgan fingerprint density at radius 1 is 0.308 bits per heavy atom. The summed E-state index contributed by atoms with van der Waals surface area (Å²) >= 11 is 0. The number of hydrogen-bond donors (Lipinski definition) is 2. The van der Waals surface area contributed by atoms with Gasteiger partial charge in [-0.2, -0.15) is 0 Å². The molecule has 0 aromatic heterocycles. The van der Waals surface area contributed by atoms with E-state index in [1.54, 1.807) is 0 Å². The maximum Gasteiger partial charge on any atom is 0.0314 e. The molecule has 0 fully saturated rings. The predicted molar refractivity (Wildman–Crippen MR) is 226 cm³/mol. The van der Waals surface area contributed by atoms with Crippen LogP contribution in [0.3, 0.4) is 0 Å². The molecule has 5 aromatic rings. The molecule has 0 aliphatic rings.